The van der Waals surface area contributed by atoms with Crippen LogP contribution in [0.3, 0.4) is 0 Å². The number of hydrogen-bond acceptors (Lipinski definition) is 1. The van der Waals surface area contributed by atoms with Gasteiger partial charge in [-0.25, -0.2) is 0 Å². The molecule has 0 aliphatic rings. The molecule has 0 aliphatic carbocycles. The first kappa shape index (κ1) is 12.7. The molecule has 2 aromatic carbocycles. The first-order chi connectivity index (χ1) is 9.58. The first-order valence-corrected chi connectivity index (χ1v) is 6.34. The molecule has 0 bridgehead atoms. The summed E-state index contributed by atoms with van der Waals surface area (Å²) < 4.78 is 30.1. The van der Waals surface area contributed by atoms with Crippen LogP contribution in [0.5, 0.6) is 0 Å². The number of nitrogens with two attached hydrogens (primary N) is 1. The zero-order valence-corrected chi connectivity index (χ0v) is 10.8. The smallest absolute Gasteiger partial charge is 0.290 e. The molecule has 1 aromatic heterocycles. The topological polar surface area (TPSA) is 30.9 Å². The molecule has 2 nitrogen and oxygen atoms in total. The quantitative estimate of drug-likeness (QED) is 0.717. The number of anilines is 1. The Morgan fingerprint density at radius 1 is 0.950 bits per heavy atom. The second kappa shape index (κ2) is 4.63. The van der Waals surface area contributed by atoms with Gasteiger partial charge in [-0.2, -0.15) is 8.78 Å². The predicted octanol–water partition coefficient (Wildman–Crippen LogP) is 4.02. The van der Waals surface area contributed by atoms with E-state index in [0.717, 1.165) is 10.9 Å². The Balaban J connectivity index is 1.99. The Morgan fingerprint density at radius 3 is 2.45 bits per heavy atom. The van der Waals surface area contributed by atoms with E-state index in [-0.39, 0.29) is 5.56 Å². The lowest BCUT2D eigenvalue weighted by Gasteiger charge is -2.18. The van der Waals surface area contributed by atoms with E-state index in [0.29, 0.717) is 5.69 Å². The van der Waals surface area contributed by atoms with Crippen LogP contribution in [0.25, 0.3) is 10.9 Å². The minimum Gasteiger partial charge on any atom is -0.398 e. The standard InChI is InChI=1S/C16H14F2N2/c17-16(18,12-5-2-1-3-6-12)11-20-10-9-13-14(19)7-4-8-15(13)20/h1-10H,11,19H2. The van der Waals surface area contributed by atoms with E-state index in [1.54, 1.807) is 53.2 Å². The zero-order chi connectivity index (χ0) is 14.2. The van der Waals surface area contributed by atoms with Crippen molar-refractivity contribution < 1.29 is 8.78 Å². The van der Waals surface area contributed by atoms with E-state index >= 15 is 0 Å². The number of nitrogen functional groups attached to an aromatic ring is 1. The predicted molar refractivity (Wildman–Crippen MR) is 76.7 cm³/mol. The molecule has 20 heavy (non-hydrogen) atoms. The van der Waals surface area contributed by atoms with E-state index in [1.165, 1.54) is 12.1 Å². The van der Waals surface area contributed by atoms with Gasteiger partial charge < -0.3 is 10.3 Å². The van der Waals surface area contributed by atoms with Gasteiger partial charge in [0.1, 0.15) is 0 Å². The molecule has 3 aromatic rings. The van der Waals surface area contributed by atoms with Gasteiger partial charge in [0, 0.05) is 22.8 Å². The van der Waals surface area contributed by atoms with Crippen LogP contribution in [0, 0.1) is 0 Å². The number of benzene rings is 2. The fourth-order valence-corrected chi connectivity index (χ4v) is 2.37. The average Bonchev–Trinajstić information content (AvgIpc) is 2.84. The van der Waals surface area contributed by atoms with Gasteiger partial charge in [0.25, 0.3) is 5.92 Å². The maximum atomic E-state index is 14.3. The molecule has 3 rings (SSSR count). The Bertz CT molecular complexity index is 733. The Labute approximate surface area is 115 Å². The number of halogens is 2. The zero-order valence-electron chi connectivity index (χ0n) is 10.8. The highest BCUT2D eigenvalue weighted by atomic mass is 19.3. The summed E-state index contributed by atoms with van der Waals surface area (Å²) in [6.45, 7) is -0.399. The Kier molecular flexibility index (Phi) is 2.93. The minimum absolute atomic E-state index is 0.0192. The lowest BCUT2D eigenvalue weighted by Crippen LogP contribution is -2.20. The monoisotopic (exact) mass is 272 g/mol. The van der Waals surface area contributed by atoms with Crippen LogP contribution >= 0.6 is 0 Å². The molecule has 1 heterocycles. The molecule has 0 saturated heterocycles. The number of fused-ring (bicyclic) bond motifs is 1. The first-order valence-electron chi connectivity index (χ1n) is 6.34. The average molecular weight is 272 g/mol. The minimum atomic E-state index is -2.92. The number of rotatable bonds is 3. The van der Waals surface area contributed by atoms with Crippen molar-refractivity contribution in [3.05, 3.63) is 66.4 Å². The van der Waals surface area contributed by atoms with Crippen molar-refractivity contribution in [1.82, 2.24) is 4.57 Å². The molecule has 0 unspecified atom stereocenters. The summed E-state index contributed by atoms with van der Waals surface area (Å²) in [5.41, 5.74) is 7.19. The van der Waals surface area contributed by atoms with Crippen molar-refractivity contribution in [2.45, 2.75) is 12.5 Å². The van der Waals surface area contributed by atoms with Crippen molar-refractivity contribution in [2.24, 2.45) is 0 Å². The number of aromatic nitrogens is 1. The van der Waals surface area contributed by atoms with Crippen molar-refractivity contribution >= 4 is 16.6 Å². The van der Waals surface area contributed by atoms with Gasteiger partial charge in [0.15, 0.2) is 0 Å². The lowest BCUT2D eigenvalue weighted by molar-refractivity contribution is -0.0211. The summed E-state index contributed by atoms with van der Waals surface area (Å²) in [5.74, 6) is -2.92. The van der Waals surface area contributed by atoms with Crippen molar-refractivity contribution in [1.29, 1.82) is 0 Å². The van der Waals surface area contributed by atoms with Gasteiger partial charge in [-0.3, -0.25) is 0 Å². The fraction of sp³-hybridized carbons (Fsp3) is 0.125. The van der Waals surface area contributed by atoms with Gasteiger partial charge in [0.2, 0.25) is 0 Å². The highest BCUT2D eigenvalue weighted by Gasteiger charge is 2.32. The number of hydrogen-bond donors (Lipinski definition) is 1. The molecule has 0 aliphatic heterocycles. The molecular formula is C16H14F2N2. The third-order valence-electron chi connectivity index (χ3n) is 3.41. The third kappa shape index (κ3) is 2.13. The van der Waals surface area contributed by atoms with E-state index in [2.05, 4.69) is 0 Å². The number of alkyl halides is 2. The van der Waals surface area contributed by atoms with Crippen LogP contribution in [0.1, 0.15) is 5.56 Å². The maximum Gasteiger partial charge on any atom is 0.290 e. The van der Waals surface area contributed by atoms with E-state index in [9.17, 15) is 8.78 Å². The molecule has 2 N–H and O–H groups in total. The molecule has 0 amide bonds. The van der Waals surface area contributed by atoms with Gasteiger partial charge >= 0.3 is 0 Å². The van der Waals surface area contributed by atoms with Crippen LogP contribution in [0.4, 0.5) is 14.5 Å². The molecule has 4 heteroatoms. The molecule has 0 atom stereocenters. The van der Waals surface area contributed by atoms with Crippen molar-refractivity contribution in [3.8, 4) is 0 Å². The second-order valence-corrected chi connectivity index (χ2v) is 4.79. The summed E-state index contributed by atoms with van der Waals surface area (Å²) in [6.07, 6.45) is 1.65. The summed E-state index contributed by atoms with van der Waals surface area (Å²) in [7, 11) is 0. The molecule has 0 radical (unpaired) electrons. The SMILES string of the molecule is Nc1cccc2c1ccn2CC(F)(F)c1ccccc1. The van der Waals surface area contributed by atoms with Crippen LogP contribution in [-0.4, -0.2) is 4.57 Å². The van der Waals surface area contributed by atoms with E-state index in [1.807, 2.05) is 0 Å². The molecule has 0 saturated carbocycles. The highest BCUT2D eigenvalue weighted by molar-refractivity contribution is 5.91. The maximum absolute atomic E-state index is 14.3. The summed E-state index contributed by atoms with van der Waals surface area (Å²) in [4.78, 5) is 0. The Hall–Kier alpha value is -2.36. The summed E-state index contributed by atoms with van der Waals surface area (Å²) >= 11 is 0. The van der Waals surface area contributed by atoms with Crippen molar-refractivity contribution in [2.75, 3.05) is 5.73 Å². The van der Waals surface area contributed by atoms with Crippen LogP contribution in [0.2, 0.25) is 0 Å². The fourth-order valence-electron chi connectivity index (χ4n) is 2.37. The van der Waals surface area contributed by atoms with Gasteiger partial charge in [-0.05, 0) is 18.2 Å². The largest absolute Gasteiger partial charge is 0.398 e. The van der Waals surface area contributed by atoms with Gasteiger partial charge in [-0.15, -0.1) is 0 Å². The third-order valence-corrected chi connectivity index (χ3v) is 3.41. The molecule has 0 spiro atoms. The summed E-state index contributed by atoms with van der Waals surface area (Å²) in [6, 6.07) is 15.0. The number of nitrogens with zero attached hydrogens (tertiary/aromatic N) is 1. The second-order valence-electron chi connectivity index (χ2n) is 4.79. The van der Waals surface area contributed by atoms with Crippen LogP contribution in [-0.2, 0) is 12.5 Å². The Morgan fingerprint density at radius 2 is 1.70 bits per heavy atom. The summed E-state index contributed by atoms with van der Waals surface area (Å²) in [5, 5.41) is 0.802. The molecular weight excluding hydrogens is 258 g/mol. The lowest BCUT2D eigenvalue weighted by atomic mass is 10.1. The van der Waals surface area contributed by atoms with Crippen LogP contribution in [0.15, 0.2) is 60.8 Å². The van der Waals surface area contributed by atoms with Gasteiger partial charge in [-0.1, -0.05) is 36.4 Å². The molecule has 102 valence electrons. The van der Waals surface area contributed by atoms with E-state index in [4.69, 9.17) is 5.73 Å². The van der Waals surface area contributed by atoms with Gasteiger partial charge in [0.05, 0.1) is 12.1 Å². The normalized spacial score (nSPS) is 11.9. The molecule has 0 fully saturated rings. The van der Waals surface area contributed by atoms with Crippen molar-refractivity contribution in [3.63, 3.8) is 0 Å². The highest BCUT2D eigenvalue weighted by Crippen LogP contribution is 2.32. The van der Waals surface area contributed by atoms with E-state index < -0.39 is 12.5 Å². The van der Waals surface area contributed by atoms with Crippen LogP contribution < -0.4 is 5.73 Å².